The predicted octanol–water partition coefficient (Wildman–Crippen LogP) is 14.5. The number of likely N-dealkylation sites (N-methyl/N-ethyl adjacent to an activating group) is 1. The molecule has 0 rings (SSSR count). The number of carboxylic acids is 1. The molecule has 0 amide bonds. The van der Waals surface area contributed by atoms with Crippen LogP contribution in [0.5, 0.6) is 0 Å². The standard InChI is InChI=1S/C56H107NO8/c1-6-8-10-12-14-16-18-19-20-21-22-23-24-25-26-27-28-29-30-31-32-33-34-35-37-38-40-42-44-46-53(58)63-50-52(51-64-56(55(60)61)62-49-48-57(3,4)5)65-54(59)47-45-43-41-39-36-17-15-13-11-9-7-2/h13,15,52,56H,6-12,14,16-51H2,1-5H3/b15-13-. The number of aliphatic carboxylic acids is 1. The highest BCUT2D eigenvalue weighted by Gasteiger charge is 2.22. The lowest BCUT2D eigenvalue weighted by molar-refractivity contribution is -0.870. The van der Waals surface area contributed by atoms with Crippen molar-refractivity contribution < 1.29 is 42.9 Å². The fourth-order valence-electron chi connectivity index (χ4n) is 8.17. The number of carboxylic acid groups (broad SMARTS) is 1. The fourth-order valence-corrected chi connectivity index (χ4v) is 8.17. The normalized spacial score (nSPS) is 12.8. The molecule has 384 valence electrons. The molecule has 0 bridgehead atoms. The SMILES string of the molecule is CCCC/C=C\CCCCCCCC(=O)OC(COC(=O)CCCCCCCCCCCCCCCCCCCCCCCCCCCCCCC)COC(OCC[N+](C)(C)C)C(=O)[O-]. The average Bonchev–Trinajstić information content (AvgIpc) is 3.27. The van der Waals surface area contributed by atoms with E-state index in [4.69, 9.17) is 18.9 Å². The Morgan fingerprint density at radius 2 is 0.800 bits per heavy atom. The van der Waals surface area contributed by atoms with E-state index in [0.29, 0.717) is 23.9 Å². The van der Waals surface area contributed by atoms with E-state index >= 15 is 0 Å². The van der Waals surface area contributed by atoms with Crippen LogP contribution in [0.2, 0.25) is 0 Å². The van der Waals surface area contributed by atoms with Crippen molar-refractivity contribution in [2.45, 2.75) is 283 Å². The predicted molar refractivity (Wildman–Crippen MR) is 270 cm³/mol. The van der Waals surface area contributed by atoms with Crippen molar-refractivity contribution >= 4 is 17.9 Å². The van der Waals surface area contributed by atoms with E-state index in [1.54, 1.807) is 0 Å². The Kier molecular flexibility index (Phi) is 47.0. The van der Waals surface area contributed by atoms with Gasteiger partial charge >= 0.3 is 11.9 Å². The molecule has 9 nitrogen and oxygen atoms in total. The topological polar surface area (TPSA) is 111 Å². The van der Waals surface area contributed by atoms with E-state index in [9.17, 15) is 19.5 Å². The number of hydrogen-bond acceptors (Lipinski definition) is 8. The number of carbonyl (C=O) groups is 3. The van der Waals surface area contributed by atoms with Crippen LogP contribution in [-0.4, -0.2) is 82.3 Å². The Morgan fingerprint density at radius 3 is 1.18 bits per heavy atom. The molecule has 0 aliphatic carbocycles. The molecule has 0 aromatic rings. The van der Waals surface area contributed by atoms with Crippen molar-refractivity contribution in [3.05, 3.63) is 12.2 Å². The van der Waals surface area contributed by atoms with Gasteiger partial charge in [0, 0.05) is 12.8 Å². The first-order valence-electron chi connectivity index (χ1n) is 27.8. The van der Waals surface area contributed by atoms with Crippen molar-refractivity contribution in [2.75, 3.05) is 47.5 Å². The van der Waals surface area contributed by atoms with Gasteiger partial charge in [-0.1, -0.05) is 238 Å². The van der Waals surface area contributed by atoms with Gasteiger partial charge in [0.1, 0.15) is 13.2 Å². The number of nitrogens with zero attached hydrogens (tertiary/aromatic N) is 1. The molecule has 0 radical (unpaired) electrons. The van der Waals surface area contributed by atoms with Crippen molar-refractivity contribution in [3.63, 3.8) is 0 Å². The highest BCUT2D eigenvalue weighted by atomic mass is 16.7. The molecule has 0 aromatic carbocycles. The van der Waals surface area contributed by atoms with Crippen LogP contribution >= 0.6 is 0 Å². The van der Waals surface area contributed by atoms with Crippen LogP contribution in [0.25, 0.3) is 0 Å². The van der Waals surface area contributed by atoms with Gasteiger partial charge in [-0.15, -0.1) is 0 Å². The van der Waals surface area contributed by atoms with Gasteiger partial charge in [0.2, 0.25) is 0 Å². The number of unbranched alkanes of at least 4 members (excludes halogenated alkanes) is 35. The van der Waals surface area contributed by atoms with Crippen LogP contribution in [0.1, 0.15) is 271 Å². The van der Waals surface area contributed by atoms with Gasteiger partial charge in [0.05, 0.1) is 40.3 Å². The number of carbonyl (C=O) groups excluding carboxylic acids is 3. The third kappa shape index (κ3) is 49.8. The molecule has 0 saturated carbocycles. The number of hydrogen-bond donors (Lipinski definition) is 0. The van der Waals surface area contributed by atoms with Gasteiger partial charge in [0.25, 0.3) is 0 Å². The molecule has 0 fully saturated rings. The van der Waals surface area contributed by atoms with E-state index in [2.05, 4.69) is 26.0 Å². The summed E-state index contributed by atoms with van der Waals surface area (Å²) < 4.78 is 22.6. The van der Waals surface area contributed by atoms with Crippen molar-refractivity contribution in [1.29, 1.82) is 0 Å². The van der Waals surface area contributed by atoms with E-state index in [-0.39, 0.29) is 32.2 Å². The van der Waals surface area contributed by atoms with Gasteiger partial charge in [-0.05, 0) is 32.1 Å². The molecule has 0 spiro atoms. The van der Waals surface area contributed by atoms with Gasteiger partial charge in [-0.3, -0.25) is 9.59 Å². The summed E-state index contributed by atoms with van der Waals surface area (Å²) in [5.74, 6) is -2.28. The lowest BCUT2D eigenvalue weighted by Crippen LogP contribution is -2.44. The van der Waals surface area contributed by atoms with Crippen LogP contribution in [0.4, 0.5) is 0 Å². The first-order chi connectivity index (χ1) is 31.6. The zero-order chi connectivity index (χ0) is 47.7. The summed E-state index contributed by atoms with van der Waals surface area (Å²) in [6.07, 6.45) is 51.4. The Bertz CT molecular complexity index is 1070. The molecule has 0 heterocycles. The summed E-state index contributed by atoms with van der Waals surface area (Å²) >= 11 is 0. The number of allylic oxidation sites excluding steroid dienone is 2. The molecular weight excluding hydrogens is 815 g/mol. The third-order valence-corrected chi connectivity index (χ3v) is 12.5. The molecule has 0 N–H and O–H groups in total. The second-order valence-electron chi connectivity index (χ2n) is 20.2. The molecular formula is C56H107NO8. The van der Waals surface area contributed by atoms with E-state index in [1.807, 2.05) is 21.1 Å². The number of rotatable bonds is 52. The van der Waals surface area contributed by atoms with Crippen LogP contribution in [-0.2, 0) is 33.3 Å². The van der Waals surface area contributed by atoms with Crippen LogP contribution < -0.4 is 5.11 Å². The van der Waals surface area contributed by atoms with Gasteiger partial charge in [-0.25, -0.2) is 0 Å². The third-order valence-electron chi connectivity index (χ3n) is 12.5. The summed E-state index contributed by atoms with van der Waals surface area (Å²) in [6, 6.07) is 0. The number of ether oxygens (including phenoxy) is 4. The minimum atomic E-state index is -1.62. The first kappa shape index (κ1) is 63.0. The number of esters is 2. The van der Waals surface area contributed by atoms with Gasteiger partial charge < -0.3 is 33.3 Å². The van der Waals surface area contributed by atoms with Crippen LogP contribution in [0.15, 0.2) is 12.2 Å². The zero-order valence-electron chi connectivity index (χ0n) is 43.6. The average molecular weight is 922 g/mol. The molecule has 9 heteroatoms. The van der Waals surface area contributed by atoms with Gasteiger partial charge in [0.15, 0.2) is 12.4 Å². The minimum Gasteiger partial charge on any atom is -0.545 e. The van der Waals surface area contributed by atoms with Crippen LogP contribution in [0, 0.1) is 0 Å². The maximum Gasteiger partial charge on any atom is 0.306 e. The molecule has 0 saturated heterocycles. The smallest absolute Gasteiger partial charge is 0.306 e. The minimum absolute atomic E-state index is 0.149. The lowest BCUT2D eigenvalue weighted by atomic mass is 10.0. The molecule has 0 aliphatic rings. The lowest BCUT2D eigenvalue weighted by Gasteiger charge is -2.26. The van der Waals surface area contributed by atoms with Gasteiger partial charge in [-0.2, -0.15) is 0 Å². The first-order valence-corrected chi connectivity index (χ1v) is 27.8. The maximum atomic E-state index is 12.7. The molecule has 0 aromatic heterocycles. The summed E-state index contributed by atoms with van der Waals surface area (Å²) in [7, 11) is 5.92. The molecule has 2 atom stereocenters. The monoisotopic (exact) mass is 922 g/mol. The summed E-state index contributed by atoms with van der Waals surface area (Å²) in [4.78, 5) is 37.1. The quantitative estimate of drug-likeness (QED) is 0.0195. The highest BCUT2D eigenvalue weighted by molar-refractivity contribution is 5.70. The van der Waals surface area contributed by atoms with E-state index in [1.165, 1.54) is 180 Å². The van der Waals surface area contributed by atoms with E-state index < -0.39 is 24.3 Å². The summed E-state index contributed by atoms with van der Waals surface area (Å²) in [5.41, 5.74) is 0. The second-order valence-corrected chi connectivity index (χ2v) is 20.2. The highest BCUT2D eigenvalue weighted by Crippen LogP contribution is 2.17. The summed E-state index contributed by atoms with van der Waals surface area (Å²) in [6.45, 7) is 4.73. The Hall–Kier alpha value is -1.97. The Labute approximate surface area is 402 Å². The van der Waals surface area contributed by atoms with Crippen molar-refractivity contribution in [3.8, 4) is 0 Å². The van der Waals surface area contributed by atoms with E-state index in [0.717, 1.165) is 57.8 Å². The molecule has 2 unspecified atom stereocenters. The zero-order valence-corrected chi connectivity index (χ0v) is 43.6. The largest absolute Gasteiger partial charge is 0.545 e. The Morgan fingerprint density at radius 1 is 0.446 bits per heavy atom. The van der Waals surface area contributed by atoms with Crippen molar-refractivity contribution in [1.82, 2.24) is 0 Å². The molecule has 0 aliphatic heterocycles. The Balaban J connectivity index is 4.03. The van der Waals surface area contributed by atoms with Crippen LogP contribution in [0.3, 0.4) is 0 Å². The molecule has 65 heavy (non-hydrogen) atoms. The van der Waals surface area contributed by atoms with Crippen molar-refractivity contribution in [2.24, 2.45) is 0 Å². The maximum absolute atomic E-state index is 12.7. The fraction of sp³-hybridized carbons (Fsp3) is 0.911. The second kappa shape index (κ2) is 48.5. The summed E-state index contributed by atoms with van der Waals surface area (Å²) in [5, 5.41) is 11.7. The number of quaternary nitrogens is 1.